The van der Waals surface area contributed by atoms with Crippen LogP contribution in [0.15, 0.2) is 41.3 Å². The molecule has 0 bridgehead atoms. The quantitative estimate of drug-likeness (QED) is 0.722. The minimum Gasteiger partial charge on any atom is -0.497 e. The summed E-state index contributed by atoms with van der Waals surface area (Å²) in [7, 11) is 2.31. The number of carbonyl (C=O) groups is 1. The van der Waals surface area contributed by atoms with Crippen LogP contribution in [-0.4, -0.2) is 60.0 Å². The van der Waals surface area contributed by atoms with E-state index < -0.39 is 15.9 Å². The number of rotatable bonds is 7. The highest BCUT2D eigenvalue weighted by molar-refractivity contribution is 7.89. The van der Waals surface area contributed by atoms with Crippen molar-refractivity contribution in [3.63, 3.8) is 0 Å². The van der Waals surface area contributed by atoms with Gasteiger partial charge >= 0.3 is 0 Å². The van der Waals surface area contributed by atoms with Gasteiger partial charge in [-0.1, -0.05) is 0 Å². The summed E-state index contributed by atoms with van der Waals surface area (Å²) in [6, 6.07) is 9.77. The van der Waals surface area contributed by atoms with Gasteiger partial charge in [-0.05, 0) is 43.2 Å². The van der Waals surface area contributed by atoms with Gasteiger partial charge in [0.25, 0.3) is 5.91 Å². The summed E-state index contributed by atoms with van der Waals surface area (Å²) in [4.78, 5) is 15.4. The van der Waals surface area contributed by atoms with E-state index in [0.29, 0.717) is 22.7 Å². The Morgan fingerprint density at radius 1 is 1.03 bits per heavy atom. The van der Waals surface area contributed by atoms with Gasteiger partial charge in [0.15, 0.2) is 0 Å². The van der Waals surface area contributed by atoms with Crippen LogP contribution < -0.4 is 19.7 Å². The summed E-state index contributed by atoms with van der Waals surface area (Å²) in [6.45, 7) is 1.65. The molecule has 1 amide bonds. The first-order valence-corrected chi connectivity index (χ1v) is 11.1. The summed E-state index contributed by atoms with van der Waals surface area (Å²) in [5.74, 6) is 0.639. The van der Waals surface area contributed by atoms with Crippen LogP contribution in [0, 0.1) is 0 Å². The Morgan fingerprint density at radius 3 is 2.33 bits per heavy atom. The Morgan fingerprint density at radius 2 is 1.73 bits per heavy atom. The van der Waals surface area contributed by atoms with Gasteiger partial charge in [0.1, 0.15) is 11.5 Å². The summed E-state index contributed by atoms with van der Waals surface area (Å²) in [5.41, 5.74) is 1.49. The van der Waals surface area contributed by atoms with Gasteiger partial charge < -0.3 is 19.7 Å². The molecule has 1 heterocycles. The Kier molecular flexibility index (Phi) is 6.52. The summed E-state index contributed by atoms with van der Waals surface area (Å²) in [6.07, 6.45) is 2.07. The van der Waals surface area contributed by atoms with Gasteiger partial charge in [0, 0.05) is 38.9 Å². The molecule has 0 aliphatic carbocycles. The van der Waals surface area contributed by atoms with Crippen LogP contribution in [0.4, 0.5) is 11.4 Å². The van der Waals surface area contributed by atoms with Crippen molar-refractivity contribution in [3.8, 4) is 11.5 Å². The Bertz CT molecular complexity index is 1030. The zero-order chi connectivity index (χ0) is 21.9. The zero-order valence-corrected chi connectivity index (χ0v) is 18.5. The van der Waals surface area contributed by atoms with Crippen molar-refractivity contribution in [2.24, 2.45) is 0 Å². The molecule has 1 fully saturated rings. The second-order valence-corrected chi connectivity index (χ2v) is 9.33. The van der Waals surface area contributed by atoms with E-state index in [1.807, 2.05) is 0 Å². The van der Waals surface area contributed by atoms with Gasteiger partial charge in [-0.3, -0.25) is 4.79 Å². The molecule has 0 radical (unpaired) electrons. The number of hydrogen-bond donors (Lipinski definition) is 1. The van der Waals surface area contributed by atoms with Crippen LogP contribution in [0.5, 0.6) is 11.5 Å². The molecule has 30 heavy (non-hydrogen) atoms. The molecular weight excluding hydrogens is 406 g/mol. The molecule has 0 atom stereocenters. The third kappa shape index (κ3) is 4.36. The van der Waals surface area contributed by atoms with Crippen LogP contribution in [0.25, 0.3) is 0 Å². The maximum absolute atomic E-state index is 13.2. The van der Waals surface area contributed by atoms with Gasteiger partial charge in [0.05, 0.1) is 30.4 Å². The van der Waals surface area contributed by atoms with Crippen molar-refractivity contribution in [1.82, 2.24) is 4.31 Å². The van der Waals surface area contributed by atoms with Crippen LogP contribution in [0.3, 0.4) is 0 Å². The number of amides is 1. The van der Waals surface area contributed by atoms with E-state index in [1.165, 1.54) is 27.3 Å². The molecule has 0 spiro atoms. The fraction of sp³-hybridized carbons (Fsp3) is 0.381. The molecule has 0 saturated carbocycles. The molecule has 1 saturated heterocycles. The molecule has 2 aromatic carbocycles. The lowest BCUT2D eigenvalue weighted by Gasteiger charge is -2.22. The van der Waals surface area contributed by atoms with Crippen molar-refractivity contribution in [2.45, 2.75) is 17.7 Å². The highest BCUT2D eigenvalue weighted by Gasteiger charge is 2.25. The Hall–Kier alpha value is -2.78. The highest BCUT2D eigenvalue weighted by atomic mass is 32.2. The first-order valence-electron chi connectivity index (χ1n) is 9.63. The Labute approximate surface area is 177 Å². The second kappa shape index (κ2) is 8.93. The third-order valence-electron chi connectivity index (χ3n) is 5.09. The number of sulfonamides is 1. The molecule has 9 heteroatoms. The van der Waals surface area contributed by atoms with Gasteiger partial charge in [-0.25, -0.2) is 12.7 Å². The number of anilines is 2. The van der Waals surface area contributed by atoms with E-state index >= 15 is 0 Å². The van der Waals surface area contributed by atoms with Gasteiger partial charge in [0.2, 0.25) is 10.0 Å². The molecule has 0 aromatic heterocycles. The van der Waals surface area contributed by atoms with Gasteiger partial charge in [-0.15, -0.1) is 0 Å². The van der Waals surface area contributed by atoms with E-state index in [2.05, 4.69) is 10.2 Å². The first-order chi connectivity index (χ1) is 14.3. The fourth-order valence-corrected chi connectivity index (χ4v) is 4.32. The summed E-state index contributed by atoms with van der Waals surface area (Å²) < 4.78 is 36.9. The molecule has 1 aliphatic rings. The summed E-state index contributed by atoms with van der Waals surface area (Å²) in [5, 5.41) is 2.85. The standard InChI is InChI=1S/C21H27N3O5S/c1-23(2)30(26,27)16-8-10-19(24-11-5-6-12-24)17(14-16)21(25)22-18-9-7-15(28-3)13-20(18)29-4/h7-10,13-14H,5-6,11-12H2,1-4H3,(H,22,25). The smallest absolute Gasteiger partial charge is 0.257 e. The average Bonchev–Trinajstić information content (AvgIpc) is 3.28. The molecule has 3 rings (SSSR count). The maximum atomic E-state index is 13.2. The Balaban J connectivity index is 2.02. The summed E-state index contributed by atoms with van der Waals surface area (Å²) >= 11 is 0. The van der Waals surface area contributed by atoms with E-state index in [-0.39, 0.29) is 4.90 Å². The zero-order valence-electron chi connectivity index (χ0n) is 17.6. The number of nitrogens with one attached hydrogen (secondary N) is 1. The normalized spacial score (nSPS) is 14.1. The predicted octanol–water partition coefficient (Wildman–Crippen LogP) is 2.81. The van der Waals surface area contributed by atoms with E-state index in [9.17, 15) is 13.2 Å². The number of nitrogens with zero attached hydrogens (tertiary/aromatic N) is 2. The topological polar surface area (TPSA) is 88.2 Å². The van der Waals surface area contributed by atoms with Crippen LogP contribution in [0.1, 0.15) is 23.2 Å². The van der Waals surface area contributed by atoms with Crippen molar-refractivity contribution in [1.29, 1.82) is 0 Å². The molecular formula is C21H27N3O5S. The van der Waals surface area contributed by atoms with Crippen molar-refractivity contribution in [2.75, 3.05) is 51.6 Å². The monoisotopic (exact) mass is 433 g/mol. The van der Waals surface area contributed by atoms with Crippen molar-refractivity contribution in [3.05, 3.63) is 42.0 Å². The lowest BCUT2D eigenvalue weighted by Crippen LogP contribution is -2.25. The van der Waals surface area contributed by atoms with E-state index in [4.69, 9.17) is 9.47 Å². The number of carbonyl (C=O) groups excluding carboxylic acids is 1. The fourth-order valence-electron chi connectivity index (χ4n) is 3.39. The van der Waals surface area contributed by atoms with Gasteiger partial charge in [-0.2, -0.15) is 0 Å². The molecule has 1 aliphatic heterocycles. The van der Waals surface area contributed by atoms with Crippen LogP contribution in [-0.2, 0) is 10.0 Å². The SMILES string of the molecule is COc1ccc(NC(=O)c2cc(S(=O)(=O)N(C)C)ccc2N2CCCC2)c(OC)c1. The average molecular weight is 434 g/mol. The largest absolute Gasteiger partial charge is 0.497 e. The minimum absolute atomic E-state index is 0.0716. The number of benzene rings is 2. The number of ether oxygens (including phenoxy) is 2. The van der Waals surface area contributed by atoms with E-state index in [1.54, 1.807) is 37.4 Å². The first kappa shape index (κ1) is 21.9. The minimum atomic E-state index is -3.67. The highest BCUT2D eigenvalue weighted by Crippen LogP contribution is 2.32. The second-order valence-electron chi connectivity index (χ2n) is 7.18. The lowest BCUT2D eigenvalue weighted by atomic mass is 10.1. The molecule has 0 unspecified atom stereocenters. The number of methoxy groups -OCH3 is 2. The third-order valence-corrected chi connectivity index (χ3v) is 6.91. The molecule has 1 N–H and O–H groups in total. The van der Waals surface area contributed by atoms with Crippen LogP contribution in [0.2, 0.25) is 0 Å². The van der Waals surface area contributed by atoms with E-state index in [0.717, 1.165) is 35.9 Å². The van der Waals surface area contributed by atoms with Crippen molar-refractivity contribution < 1.29 is 22.7 Å². The predicted molar refractivity (Wildman–Crippen MR) is 116 cm³/mol. The molecule has 2 aromatic rings. The van der Waals surface area contributed by atoms with Crippen molar-refractivity contribution >= 4 is 27.3 Å². The molecule has 162 valence electrons. The number of hydrogen-bond acceptors (Lipinski definition) is 6. The molecule has 8 nitrogen and oxygen atoms in total. The lowest BCUT2D eigenvalue weighted by molar-refractivity contribution is 0.102. The maximum Gasteiger partial charge on any atom is 0.257 e. The van der Waals surface area contributed by atoms with Crippen LogP contribution >= 0.6 is 0 Å².